The van der Waals surface area contributed by atoms with Crippen molar-refractivity contribution < 1.29 is 14.3 Å². The summed E-state index contributed by atoms with van der Waals surface area (Å²) < 4.78 is 5.60. The number of hydrogen-bond donors (Lipinski definition) is 2. The van der Waals surface area contributed by atoms with Crippen LogP contribution in [0.3, 0.4) is 0 Å². The molecule has 2 N–H and O–H groups in total. The number of likely N-dealkylation sites (tertiary alicyclic amines) is 1. The summed E-state index contributed by atoms with van der Waals surface area (Å²) in [7, 11) is 0. The first kappa shape index (κ1) is 21.8. The lowest BCUT2D eigenvalue weighted by molar-refractivity contribution is 0.102. The minimum absolute atomic E-state index is 0.215. The highest BCUT2D eigenvalue weighted by Crippen LogP contribution is 2.35. The second-order valence-electron chi connectivity index (χ2n) is 7.48. The molecule has 1 fully saturated rings. The van der Waals surface area contributed by atoms with Crippen LogP contribution in [0.1, 0.15) is 46.2 Å². The molecule has 0 bridgehead atoms. The van der Waals surface area contributed by atoms with Crippen molar-refractivity contribution in [1.29, 1.82) is 0 Å². The van der Waals surface area contributed by atoms with E-state index in [1.54, 1.807) is 4.90 Å². The number of rotatable bonds is 6. The van der Waals surface area contributed by atoms with Gasteiger partial charge in [0.05, 0.1) is 18.3 Å². The highest BCUT2D eigenvalue weighted by molar-refractivity contribution is 7.13. The summed E-state index contributed by atoms with van der Waals surface area (Å²) in [4.78, 5) is 27.3. The number of aromatic nitrogens is 2. The maximum absolute atomic E-state index is 13.0. The van der Waals surface area contributed by atoms with Crippen LogP contribution in [-0.4, -0.2) is 40.2 Å². The van der Waals surface area contributed by atoms with Gasteiger partial charge in [0.2, 0.25) is 5.01 Å². The van der Waals surface area contributed by atoms with Crippen molar-refractivity contribution in [2.24, 2.45) is 0 Å². The van der Waals surface area contributed by atoms with Crippen LogP contribution in [-0.2, 0) is 0 Å². The molecule has 3 aromatic rings. The van der Waals surface area contributed by atoms with Gasteiger partial charge in [0.1, 0.15) is 10.8 Å². The number of urea groups is 1. The molecule has 1 aliphatic heterocycles. The van der Waals surface area contributed by atoms with Crippen LogP contribution in [0.25, 0.3) is 0 Å². The monoisotopic (exact) mass is 451 g/mol. The fourth-order valence-corrected chi connectivity index (χ4v) is 4.47. The third-order valence-corrected chi connectivity index (χ3v) is 6.19. The van der Waals surface area contributed by atoms with E-state index in [1.807, 2.05) is 62.4 Å². The predicted octanol–water partition coefficient (Wildman–Crippen LogP) is 4.87. The Balaban J connectivity index is 1.44. The molecular formula is C23H25N5O3S. The molecular weight excluding hydrogens is 426 g/mol. The zero-order valence-corrected chi connectivity index (χ0v) is 18.8. The molecule has 0 aliphatic carbocycles. The molecule has 0 radical (unpaired) electrons. The number of nitrogens with one attached hydrogen (secondary N) is 2. The van der Waals surface area contributed by atoms with E-state index < -0.39 is 0 Å². The van der Waals surface area contributed by atoms with Crippen LogP contribution in [0.2, 0.25) is 0 Å². The topological polar surface area (TPSA) is 96.4 Å². The van der Waals surface area contributed by atoms with Gasteiger partial charge in [0.15, 0.2) is 0 Å². The third-order valence-electron chi connectivity index (χ3n) is 5.17. The Morgan fingerprint density at radius 1 is 1.12 bits per heavy atom. The van der Waals surface area contributed by atoms with Crippen LogP contribution in [0, 0.1) is 6.92 Å². The van der Waals surface area contributed by atoms with E-state index in [9.17, 15) is 9.59 Å². The van der Waals surface area contributed by atoms with Gasteiger partial charge in [-0.1, -0.05) is 41.2 Å². The van der Waals surface area contributed by atoms with Crippen molar-refractivity contribution in [1.82, 2.24) is 15.1 Å². The molecule has 0 unspecified atom stereocenters. The molecule has 2 aromatic carbocycles. The van der Waals surface area contributed by atoms with Crippen molar-refractivity contribution in [3.05, 3.63) is 64.1 Å². The van der Waals surface area contributed by atoms with E-state index in [-0.39, 0.29) is 23.0 Å². The molecule has 1 aliphatic rings. The van der Waals surface area contributed by atoms with E-state index in [4.69, 9.17) is 4.74 Å². The average molecular weight is 452 g/mol. The Kier molecular flexibility index (Phi) is 6.65. The Morgan fingerprint density at radius 2 is 1.91 bits per heavy atom. The van der Waals surface area contributed by atoms with Gasteiger partial charge in [-0.05, 0) is 51.0 Å². The fraction of sp³-hybridized carbons (Fsp3) is 0.304. The molecule has 166 valence electrons. The minimum atomic E-state index is -0.308. The normalized spacial score (nSPS) is 15.4. The van der Waals surface area contributed by atoms with Gasteiger partial charge in [-0.25, -0.2) is 4.79 Å². The van der Waals surface area contributed by atoms with E-state index in [0.717, 1.165) is 18.4 Å². The third kappa shape index (κ3) is 4.88. The minimum Gasteiger partial charge on any atom is -0.492 e. The van der Waals surface area contributed by atoms with E-state index in [1.165, 1.54) is 11.3 Å². The van der Waals surface area contributed by atoms with Gasteiger partial charge in [0.25, 0.3) is 5.91 Å². The molecule has 4 rings (SSSR count). The maximum atomic E-state index is 13.0. The summed E-state index contributed by atoms with van der Waals surface area (Å²) in [6.45, 7) is 5.01. The summed E-state index contributed by atoms with van der Waals surface area (Å²) in [6, 6.07) is 14.5. The van der Waals surface area contributed by atoms with Gasteiger partial charge in [-0.15, -0.1) is 10.2 Å². The summed E-state index contributed by atoms with van der Waals surface area (Å²) in [5, 5.41) is 15.0. The second-order valence-corrected chi connectivity index (χ2v) is 8.49. The van der Waals surface area contributed by atoms with Crippen LogP contribution in [0.5, 0.6) is 5.75 Å². The number of anilines is 2. The molecule has 0 spiro atoms. The maximum Gasteiger partial charge on any atom is 0.322 e. The molecule has 1 saturated heterocycles. The Hall–Kier alpha value is -3.46. The van der Waals surface area contributed by atoms with Crippen LogP contribution in [0.15, 0.2) is 48.5 Å². The van der Waals surface area contributed by atoms with Crippen molar-refractivity contribution in [2.45, 2.75) is 32.7 Å². The van der Waals surface area contributed by atoms with E-state index >= 15 is 0 Å². The molecule has 9 heteroatoms. The summed E-state index contributed by atoms with van der Waals surface area (Å²) in [5.74, 6) is 0.322. The fourth-order valence-electron chi connectivity index (χ4n) is 3.59. The Morgan fingerprint density at radius 3 is 2.69 bits per heavy atom. The largest absolute Gasteiger partial charge is 0.492 e. The van der Waals surface area contributed by atoms with Crippen LogP contribution in [0.4, 0.5) is 16.2 Å². The molecule has 8 nitrogen and oxygen atoms in total. The zero-order chi connectivity index (χ0) is 22.5. The average Bonchev–Trinajstić information content (AvgIpc) is 3.46. The van der Waals surface area contributed by atoms with Gasteiger partial charge in [-0.3, -0.25) is 4.79 Å². The molecule has 1 atom stereocenters. The number of carbonyl (C=O) groups is 2. The highest BCUT2D eigenvalue weighted by Gasteiger charge is 2.33. The number of hydrogen-bond acceptors (Lipinski definition) is 6. The highest BCUT2D eigenvalue weighted by atomic mass is 32.1. The number of para-hydroxylation sites is 2. The lowest BCUT2D eigenvalue weighted by atomic mass is 10.2. The molecule has 0 saturated carbocycles. The number of carbonyl (C=O) groups excluding carboxylic acids is 2. The quantitative estimate of drug-likeness (QED) is 0.558. The van der Waals surface area contributed by atoms with Gasteiger partial charge < -0.3 is 20.3 Å². The standard InChI is InChI=1S/C23H25N5O3S/c1-3-31-19-9-5-4-7-17(19)25-23(30)28-14-6-8-18(28)21-26-27-22(32-21)20(29)24-16-12-10-15(2)11-13-16/h4-5,7,9-13,18H,3,6,8,14H2,1-2H3,(H,24,29)(H,25,30)/t18-/m0/s1. The predicted molar refractivity (Wildman–Crippen MR) is 124 cm³/mol. The number of aryl methyl sites for hydroxylation is 1. The molecule has 3 amide bonds. The van der Waals surface area contributed by atoms with Crippen molar-refractivity contribution in [3.63, 3.8) is 0 Å². The molecule has 32 heavy (non-hydrogen) atoms. The smallest absolute Gasteiger partial charge is 0.322 e. The summed E-state index contributed by atoms with van der Waals surface area (Å²) >= 11 is 1.22. The van der Waals surface area contributed by atoms with Gasteiger partial charge in [-0.2, -0.15) is 0 Å². The summed E-state index contributed by atoms with van der Waals surface area (Å²) in [5.41, 5.74) is 2.44. The van der Waals surface area contributed by atoms with Gasteiger partial charge >= 0.3 is 6.03 Å². The summed E-state index contributed by atoms with van der Waals surface area (Å²) in [6.07, 6.45) is 1.63. The first-order valence-electron chi connectivity index (χ1n) is 10.6. The Labute approximate surface area is 190 Å². The van der Waals surface area contributed by atoms with Crippen LogP contribution < -0.4 is 15.4 Å². The van der Waals surface area contributed by atoms with E-state index in [0.29, 0.717) is 35.3 Å². The van der Waals surface area contributed by atoms with Gasteiger partial charge in [0, 0.05) is 12.2 Å². The van der Waals surface area contributed by atoms with E-state index in [2.05, 4.69) is 20.8 Å². The van der Waals surface area contributed by atoms with Crippen molar-refractivity contribution >= 4 is 34.6 Å². The number of ether oxygens (including phenoxy) is 1. The number of benzene rings is 2. The molecule has 1 aromatic heterocycles. The first-order chi connectivity index (χ1) is 15.5. The Bertz CT molecular complexity index is 1100. The lowest BCUT2D eigenvalue weighted by Gasteiger charge is -2.23. The first-order valence-corrected chi connectivity index (χ1v) is 11.4. The second kappa shape index (κ2) is 9.78. The number of amides is 3. The SMILES string of the molecule is CCOc1ccccc1NC(=O)N1CCC[C@H]1c1nnc(C(=O)Nc2ccc(C)cc2)s1. The van der Waals surface area contributed by atoms with Crippen LogP contribution >= 0.6 is 11.3 Å². The lowest BCUT2D eigenvalue weighted by Crippen LogP contribution is -2.34. The number of nitrogens with zero attached hydrogens (tertiary/aromatic N) is 3. The van der Waals surface area contributed by atoms with Crippen molar-refractivity contribution in [3.8, 4) is 5.75 Å². The van der Waals surface area contributed by atoms with Crippen molar-refractivity contribution in [2.75, 3.05) is 23.8 Å². The zero-order valence-electron chi connectivity index (χ0n) is 18.0. The molecule has 2 heterocycles.